The Balaban J connectivity index is 1.24. The van der Waals surface area contributed by atoms with E-state index in [9.17, 15) is 9.90 Å². The van der Waals surface area contributed by atoms with Crippen molar-refractivity contribution in [3.63, 3.8) is 0 Å². The van der Waals surface area contributed by atoms with Gasteiger partial charge < -0.3 is 10.1 Å². The standard InChI is InChI=1S/C38H42N2O2/c1-38(22-11-16-26-14-5-6-15-26)31-18-8-10-20-33(31)40(23-21-27-12-3-2-4-13-27)34(38)24-29-36(41)35(37(29)42)30-25-39-32-19-9-7-17-28(30)32/h5-10,14-15,17-20,24-27,35-36,41H,2-4,11-13,16,21-23H2,1H3/p+1. The van der Waals surface area contributed by atoms with Crippen LogP contribution < -0.4 is 0 Å². The van der Waals surface area contributed by atoms with Gasteiger partial charge in [0.05, 0.1) is 17.4 Å². The minimum Gasteiger partial charge on any atom is -0.387 e. The Morgan fingerprint density at radius 1 is 1.00 bits per heavy atom. The molecule has 2 aromatic carbocycles. The highest BCUT2D eigenvalue weighted by molar-refractivity contribution is 6.16. The van der Waals surface area contributed by atoms with E-state index in [2.05, 4.69) is 71.1 Å². The summed E-state index contributed by atoms with van der Waals surface area (Å²) in [5, 5.41) is 12.5. The third-order valence-corrected chi connectivity index (χ3v) is 10.6. The summed E-state index contributed by atoms with van der Waals surface area (Å²) in [6.07, 6.45) is 23.2. The first-order valence-corrected chi connectivity index (χ1v) is 16.1. The molecule has 2 saturated carbocycles. The molecule has 3 unspecified atom stereocenters. The van der Waals surface area contributed by atoms with Crippen LogP contribution >= 0.6 is 0 Å². The predicted molar refractivity (Wildman–Crippen MR) is 171 cm³/mol. The number of Topliss-reactive ketones (excluding diaryl/α,β-unsaturated/α-hetero) is 1. The number of benzene rings is 2. The van der Waals surface area contributed by atoms with Gasteiger partial charge in [0.15, 0.2) is 11.5 Å². The maximum Gasteiger partial charge on any atom is 0.209 e. The van der Waals surface area contributed by atoms with Gasteiger partial charge in [0, 0.05) is 46.8 Å². The van der Waals surface area contributed by atoms with Crippen molar-refractivity contribution in [1.29, 1.82) is 0 Å². The van der Waals surface area contributed by atoms with E-state index < -0.39 is 12.0 Å². The molecule has 0 bridgehead atoms. The molecule has 4 nitrogen and oxygen atoms in total. The number of H-pyrrole nitrogens is 1. The van der Waals surface area contributed by atoms with Crippen molar-refractivity contribution in [2.45, 2.75) is 82.1 Å². The number of ketones is 1. The number of carbonyl (C=O) groups is 1. The monoisotopic (exact) mass is 559 g/mol. The largest absolute Gasteiger partial charge is 0.387 e. The zero-order valence-corrected chi connectivity index (χ0v) is 24.8. The first-order chi connectivity index (χ1) is 20.5. The summed E-state index contributed by atoms with van der Waals surface area (Å²) in [5.74, 6) is 0.822. The molecule has 4 heteroatoms. The van der Waals surface area contributed by atoms with E-state index in [1.54, 1.807) is 0 Å². The Morgan fingerprint density at radius 2 is 1.76 bits per heavy atom. The van der Waals surface area contributed by atoms with Crippen molar-refractivity contribution in [1.82, 2.24) is 4.98 Å². The SMILES string of the molecule is CC1(CCCC2C=CC=C2)C(C=C2C(=O)C(c3c[nH]c4ccccc34)C2O)=[N+](CCC2CCCCC2)c2ccccc21. The van der Waals surface area contributed by atoms with E-state index in [1.807, 2.05) is 30.5 Å². The summed E-state index contributed by atoms with van der Waals surface area (Å²) in [7, 11) is 0. The van der Waals surface area contributed by atoms with Crippen molar-refractivity contribution in [2.24, 2.45) is 11.8 Å². The van der Waals surface area contributed by atoms with E-state index in [1.165, 1.54) is 55.5 Å². The Labute approximate surface area is 249 Å². The topological polar surface area (TPSA) is 56.1 Å². The number of allylic oxidation sites excluding steroid dienone is 5. The number of aliphatic hydroxyl groups is 1. The molecule has 1 aromatic heterocycles. The zero-order valence-electron chi connectivity index (χ0n) is 24.8. The molecule has 2 N–H and O–H groups in total. The van der Waals surface area contributed by atoms with Crippen molar-refractivity contribution in [3.8, 4) is 0 Å². The molecule has 2 fully saturated rings. The molecule has 42 heavy (non-hydrogen) atoms. The Kier molecular flexibility index (Phi) is 7.35. The van der Waals surface area contributed by atoms with Gasteiger partial charge in [-0.15, -0.1) is 0 Å². The van der Waals surface area contributed by atoms with Crippen LogP contribution in [0.2, 0.25) is 0 Å². The van der Waals surface area contributed by atoms with E-state index in [4.69, 9.17) is 0 Å². The molecule has 1 aliphatic heterocycles. The molecule has 3 aliphatic carbocycles. The Morgan fingerprint density at radius 3 is 2.57 bits per heavy atom. The normalized spacial score (nSPS) is 27.0. The summed E-state index contributed by atoms with van der Waals surface area (Å²) in [6, 6.07) is 16.9. The number of para-hydroxylation sites is 2. The molecule has 2 heterocycles. The van der Waals surface area contributed by atoms with Crippen LogP contribution in [0.1, 0.15) is 81.8 Å². The first kappa shape index (κ1) is 27.3. The summed E-state index contributed by atoms with van der Waals surface area (Å²) in [6.45, 7) is 3.33. The number of hydrogen-bond donors (Lipinski definition) is 2. The smallest absolute Gasteiger partial charge is 0.209 e. The number of aromatic amines is 1. The van der Waals surface area contributed by atoms with E-state index >= 15 is 0 Å². The number of aromatic nitrogens is 1. The summed E-state index contributed by atoms with van der Waals surface area (Å²) < 4.78 is 2.51. The first-order valence-electron chi connectivity index (χ1n) is 16.1. The van der Waals surface area contributed by atoms with Crippen LogP contribution in [0.25, 0.3) is 10.9 Å². The van der Waals surface area contributed by atoms with Crippen LogP contribution in [0.5, 0.6) is 0 Å². The molecular weight excluding hydrogens is 516 g/mol. The summed E-state index contributed by atoms with van der Waals surface area (Å²) >= 11 is 0. The van der Waals surface area contributed by atoms with E-state index in [-0.39, 0.29) is 11.2 Å². The summed E-state index contributed by atoms with van der Waals surface area (Å²) in [4.78, 5) is 17.1. The lowest BCUT2D eigenvalue weighted by molar-refractivity contribution is -0.440. The van der Waals surface area contributed by atoms with Gasteiger partial charge in [-0.05, 0) is 43.2 Å². The fourth-order valence-electron chi connectivity index (χ4n) is 8.15. The molecular formula is C38H43N2O2+. The van der Waals surface area contributed by atoms with Crippen molar-refractivity contribution in [3.05, 3.63) is 102 Å². The second kappa shape index (κ2) is 11.3. The van der Waals surface area contributed by atoms with Crippen molar-refractivity contribution < 1.29 is 14.5 Å². The molecule has 7 rings (SSSR count). The van der Waals surface area contributed by atoms with Gasteiger partial charge in [-0.2, -0.15) is 4.58 Å². The van der Waals surface area contributed by atoms with Crippen molar-refractivity contribution >= 4 is 28.1 Å². The van der Waals surface area contributed by atoms with Crippen molar-refractivity contribution in [2.75, 3.05) is 6.54 Å². The van der Waals surface area contributed by atoms with Gasteiger partial charge in [-0.3, -0.25) is 4.79 Å². The second-order valence-electron chi connectivity index (χ2n) is 13.2. The molecule has 4 aliphatic rings. The molecule has 0 radical (unpaired) electrons. The number of carbonyl (C=O) groups excluding carboxylic acids is 1. The fourth-order valence-corrected chi connectivity index (χ4v) is 8.15. The van der Waals surface area contributed by atoms with Gasteiger partial charge in [0.1, 0.15) is 6.54 Å². The van der Waals surface area contributed by atoms with Gasteiger partial charge in [0.2, 0.25) is 5.69 Å². The fraction of sp³-hybridized carbons (Fsp3) is 0.421. The van der Waals surface area contributed by atoms with Crippen LogP contribution in [0, 0.1) is 11.8 Å². The van der Waals surface area contributed by atoms with Gasteiger partial charge in [-0.25, -0.2) is 0 Å². The lowest BCUT2D eigenvalue weighted by Crippen LogP contribution is -2.44. The molecule has 3 aromatic rings. The molecule has 3 atom stereocenters. The lowest BCUT2D eigenvalue weighted by Gasteiger charge is -2.34. The second-order valence-corrected chi connectivity index (χ2v) is 13.2. The zero-order chi connectivity index (χ0) is 28.7. The van der Waals surface area contributed by atoms with E-state index in [0.29, 0.717) is 11.5 Å². The minimum absolute atomic E-state index is 0.0477. The van der Waals surface area contributed by atoms with Gasteiger partial charge >= 0.3 is 0 Å². The average molecular weight is 560 g/mol. The number of nitrogens with one attached hydrogen (secondary N) is 1. The van der Waals surface area contributed by atoms with E-state index in [0.717, 1.165) is 48.2 Å². The number of fused-ring (bicyclic) bond motifs is 2. The van der Waals surface area contributed by atoms with Crippen LogP contribution in [0.4, 0.5) is 5.69 Å². The Bertz CT molecular complexity index is 1600. The highest BCUT2D eigenvalue weighted by Gasteiger charge is 2.51. The average Bonchev–Trinajstić information content (AvgIpc) is 3.74. The third kappa shape index (κ3) is 4.74. The molecule has 0 saturated heterocycles. The van der Waals surface area contributed by atoms with Crippen LogP contribution in [0.3, 0.4) is 0 Å². The third-order valence-electron chi connectivity index (χ3n) is 10.6. The maximum atomic E-state index is 13.8. The Hall–Kier alpha value is -3.50. The predicted octanol–water partition coefficient (Wildman–Crippen LogP) is 8.06. The lowest BCUT2D eigenvalue weighted by atomic mass is 9.68. The summed E-state index contributed by atoms with van der Waals surface area (Å²) in [5.41, 5.74) is 6.06. The molecule has 0 amide bonds. The number of hydrogen-bond acceptors (Lipinski definition) is 2. The van der Waals surface area contributed by atoms with Crippen LogP contribution in [0.15, 0.2) is 90.7 Å². The van der Waals surface area contributed by atoms with Gasteiger partial charge in [0.25, 0.3) is 0 Å². The maximum absolute atomic E-state index is 13.8. The minimum atomic E-state index is -0.800. The molecule has 216 valence electrons. The van der Waals surface area contributed by atoms with Gasteiger partial charge in [-0.1, -0.05) is 99.2 Å². The highest BCUT2D eigenvalue weighted by atomic mass is 16.3. The molecule has 0 spiro atoms. The van der Waals surface area contributed by atoms with Crippen LogP contribution in [-0.4, -0.2) is 38.8 Å². The quantitative estimate of drug-likeness (QED) is 0.206. The number of rotatable bonds is 9. The highest BCUT2D eigenvalue weighted by Crippen LogP contribution is 2.47. The number of aliphatic hydroxyl groups excluding tert-OH is 1. The number of nitrogens with zero attached hydrogens (tertiary/aromatic N) is 1. The van der Waals surface area contributed by atoms with Crippen LogP contribution in [-0.2, 0) is 10.2 Å².